The number of nitrogens with one attached hydrogen (secondary N) is 1. The van der Waals surface area contributed by atoms with Crippen molar-refractivity contribution in [1.29, 1.82) is 0 Å². The number of hydrogen-bond acceptors (Lipinski definition) is 6. The molecule has 0 bridgehead atoms. The predicted molar refractivity (Wildman–Crippen MR) is 69.0 cm³/mol. The molecule has 0 fully saturated rings. The molecule has 0 saturated heterocycles. The van der Waals surface area contributed by atoms with Gasteiger partial charge in [0.2, 0.25) is 11.7 Å². The van der Waals surface area contributed by atoms with Gasteiger partial charge >= 0.3 is 5.69 Å². The zero-order chi connectivity index (χ0) is 16.2. The van der Waals surface area contributed by atoms with Gasteiger partial charge in [-0.05, 0) is 12.5 Å². The molecule has 0 aliphatic carbocycles. The Morgan fingerprint density at radius 2 is 2.10 bits per heavy atom. The van der Waals surface area contributed by atoms with Crippen LogP contribution in [0.15, 0.2) is 12.1 Å². The van der Waals surface area contributed by atoms with Crippen LogP contribution >= 0.6 is 0 Å². The minimum atomic E-state index is -1.73. The van der Waals surface area contributed by atoms with Crippen LogP contribution < -0.4 is 5.32 Å². The minimum absolute atomic E-state index is 0.0474. The summed E-state index contributed by atoms with van der Waals surface area (Å²) < 4.78 is 13.3. The minimum Gasteiger partial charge on any atom is -0.502 e. The van der Waals surface area contributed by atoms with Crippen LogP contribution in [0.2, 0.25) is 0 Å². The van der Waals surface area contributed by atoms with Crippen LogP contribution in [-0.2, 0) is 4.79 Å². The van der Waals surface area contributed by atoms with E-state index < -0.39 is 39.9 Å². The standard InChI is InChI=1S/C12H15FN2O6/c1-6(16)14-3-2-10(17)12(19)8-4-7(13)5-9(11(8)18)15(20)21/h4-5,10,12,17-19H,2-3H2,1H3,(H,14,16). The monoisotopic (exact) mass is 302 g/mol. The molecule has 4 N–H and O–H groups in total. The third-order valence-corrected chi connectivity index (χ3v) is 2.78. The number of carbonyl (C=O) groups excluding carboxylic acids is 1. The number of nitro benzene ring substituents is 1. The number of benzene rings is 1. The van der Waals surface area contributed by atoms with Gasteiger partial charge < -0.3 is 20.6 Å². The van der Waals surface area contributed by atoms with Gasteiger partial charge in [0.05, 0.1) is 17.1 Å². The van der Waals surface area contributed by atoms with Crippen molar-refractivity contribution in [3.63, 3.8) is 0 Å². The summed E-state index contributed by atoms with van der Waals surface area (Å²) in [5.74, 6) is -2.27. The summed E-state index contributed by atoms with van der Waals surface area (Å²) in [5.41, 5.74) is -1.39. The number of aromatic hydroxyl groups is 1. The van der Waals surface area contributed by atoms with Gasteiger partial charge in [-0.3, -0.25) is 14.9 Å². The molecule has 0 radical (unpaired) electrons. The first-order valence-electron chi connectivity index (χ1n) is 6.01. The van der Waals surface area contributed by atoms with E-state index in [4.69, 9.17) is 0 Å². The molecule has 8 nitrogen and oxygen atoms in total. The molecular formula is C12H15FN2O6. The molecule has 0 aliphatic rings. The molecule has 1 amide bonds. The first kappa shape index (κ1) is 16.8. The molecule has 1 aromatic carbocycles. The number of aliphatic hydroxyl groups is 2. The topological polar surface area (TPSA) is 133 Å². The first-order chi connectivity index (χ1) is 9.73. The molecule has 0 heterocycles. The molecule has 116 valence electrons. The lowest BCUT2D eigenvalue weighted by Gasteiger charge is -2.19. The van der Waals surface area contributed by atoms with Crippen molar-refractivity contribution >= 4 is 11.6 Å². The summed E-state index contributed by atoms with van der Waals surface area (Å²) in [7, 11) is 0. The Bertz CT molecular complexity index is 551. The second kappa shape index (κ2) is 6.95. The highest BCUT2D eigenvalue weighted by Crippen LogP contribution is 2.36. The van der Waals surface area contributed by atoms with Gasteiger partial charge in [-0.2, -0.15) is 0 Å². The highest BCUT2D eigenvalue weighted by molar-refractivity contribution is 5.72. The molecular weight excluding hydrogens is 287 g/mol. The number of hydrogen-bond donors (Lipinski definition) is 4. The largest absolute Gasteiger partial charge is 0.502 e. The Hall–Kier alpha value is -2.26. The SMILES string of the molecule is CC(=O)NCCC(O)C(O)c1cc(F)cc([N+](=O)[O-])c1O. The van der Waals surface area contributed by atoms with Crippen molar-refractivity contribution in [1.82, 2.24) is 5.32 Å². The number of phenolic OH excluding ortho intramolecular Hbond substituents is 1. The fourth-order valence-corrected chi connectivity index (χ4v) is 1.73. The van der Waals surface area contributed by atoms with Crippen molar-refractivity contribution in [2.75, 3.05) is 6.54 Å². The first-order valence-corrected chi connectivity index (χ1v) is 6.01. The van der Waals surface area contributed by atoms with Gasteiger partial charge in [0.25, 0.3) is 0 Å². The summed E-state index contributed by atoms with van der Waals surface area (Å²) in [5, 5.41) is 42.3. The Morgan fingerprint density at radius 3 is 2.62 bits per heavy atom. The highest BCUT2D eigenvalue weighted by Gasteiger charge is 2.27. The van der Waals surface area contributed by atoms with Crippen molar-refractivity contribution < 1.29 is 29.4 Å². The number of phenols is 1. The van der Waals surface area contributed by atoms with Gasteiger partial charge in [-0.1, -0.05) is 0 Å². The Kier molecular flexibility index (Phi) is 5.56. The van der Waals surface area contributed by atoms with Crippen LogP contribution in [0, 0.1) is 15.9 Å². The van der Waals surface area contributed by atoms with E-state index in [-0.39, 0.29) is 18.9 Å². The number of carbonyl (C=O) groups is 1. The zero-order valence-corrected chi connectivity index (χ0v) is 11.1. The molecule has 0 spiro atoms. The van der Waals surface area contributed by atoms with Crippen LogP contribution in [0.5, 0.6) is 5.75 Å². The van der Waals surface area contributed by atoms with Crippen molar-refractivity contribution in [2.45, 2.75) is 25.6 Å². The van der Waals surface area contributed by atoms with Gasteiger partial charge in [-0.25, -0.2) is 4.39 Å². The van der Waals surface area contributed by atoms with Crippen LogP contribution in [0.3, 0.4) is 0 Å². The number of amides is 1. The predicted octanol–water partition coefficient (Wildman–Crippen LogP) is 0.360. The third kappa shape index (κ3) is 4.36. The molecule has 21 heavy (non-hydrogen) atoms. The summed E-state index contributed by atoms with van der Waals surface area (Å²) in [6, 6.07) is 1.21. The Balaban J connectivity index is 2.93. The third-order valence-electron chi connectivity index (χ3n) is 2.78. The van der Waals surface area contributed by atoms with E-state index in [1.165, 1.54) is 6.92 Å². The lowest BCUT2D eigenvalue weighted by molar-refractivity contribution is -0.386. The van der Waals surface area contributed by atoms with E-state index in [2.05, 4.69) is 5.32 Å². The van der Waals surface area contributed by atoms with Crippen molar-refractivity contribution in [3.8, 4) is 5.75 Å². The van der Waals surface area contributed by atoms with Gasteiger partial charge in [0.1, 0.15) is 11.9 Å². The fraction of sp³-hybridized carbons (Fsp3) is 0.417. The van der Waals surface area contributed by atoms with E-state index in [9.17, 15) is 34.6 Å². The van der Waals surface area contributed by atoms with Crippen LogP contribution in [0.25, 0.3) is 0 Å². The smallest absolute Gasteiger partial charge is 0.314 e. The number of rotatable bonds is 6. The highest BCUT2D eigenvalue weighted by atomic mass is 19.1. The number of aliphatic hydroxyl groups excluding tert-OH is 2. The summed E-state index contributed by atoms with van der Waals surface area (Å²) >= 11 is 0. The lowest BCUT2D eigenvalue weighted by Crippen LogP contribution is -2.27. The number of nitro groups is 1. The van der Waals surface area contributed by atoms with E-state index in [0.29, 0.717) is 12.1 Å². The van der Waals surface area contributed by atoms with Gasteiger partial charge in [0, 0.05) is 19.0 Å². The van der Waals surface area contributed by atoms with E-state index in [0.717, 1.165) is 0 Å². The van der Waals surface area contributed by atoms with Crippen LogP contribution in [0.4, 0.5) is 10.1 Å². The summed E-state index contributed by atoms with van der Waals surface area (Å²) in [6.45, 7) is 1.32. The maximum atomic E-state index is 13.3. The Labute approximate surface area is 119 Å². The maximum absolute atomic E-state index is 13.3. The molecule has 2 atom stereocenters. The second-order valence-corrected chi connectivity index (χ2v) is 4.40. The molecule has 1 aromatic rings. The zero-order valence-electron chi connectivity index (χ0n) is 11.1. The van der Waals surface area contributed by atoms with Crippen LogP contribution in [-0.4, -0.2) is 38.8 Å². The summed E-state index contributed by atoms with van der Waals surface area (Å²) in [6.07, 6.45) is -3.25. The summed E-state index contributed by atoms with van der Waals surface area (Å²) in [4.78, 5) is 20.3. The average Bonchev–Trinajstić information content (AvgIpc) is 2.39. The normalized spacial score (nSPS) is 13.5. The van der Waals surface area contributed by atoms with Crippen LogP contribution in [0.1, 0.15) is 25.0 Å². The molecule has 1 rings (SSSR count). The van der Waals surface area contributed by atoms with E-state index in [1.54, 1.807) is 0 Å². The van der Waals surface area contributed by atoms with Gasteiger partial charge in [0.15, 0.2) is 0 Å². The Morgan fingerprint density at radius 1 is 1.48 bits per heavy atom. The van der Waals surface area contributed by atoms with Gasteiger partial charge in [-0.15, -0.1) is 0 Å². The number of halogens is 1. The van der Waals surface area contributed by atoms with E-state index >= 15 is 0 Å². The maximum Gasteiger partial charge on any atom is 0.314 e. The molecule has 0 aromatic heterocycles. The fourth-order valence-electron chi connectivity index (χ4n) is 1.73. The van der Waals surface area contributed by atoms with Crippen molar-refractivity contribution in [3.05, 3.63) is 33.6 Å². The molecule has 9 heteroatoms. The van der Waals surface area contributed by atoms with E-state index in [1.807, 2.05) is 0 Å². The second-order valence-electron chi connectivity index (χ2n) is 4.40. The average molecular weight is 302 g/mol. The molecule has 0 aliphatic heterocycles. The number of nitrogens with zero attached hydrogens (tertiary/aromatic N) is 1. The molecule has 0 saturated carbocycles. The lowest BCUT2D eigenvalue weighted by atomic mass is 10.00. The van der Waals surface area contributed by atoms with Crippen molar-refractivity contribution in [2.24, 2.45) is 0 Å². The molecule has 2 unspecified atom stereocenters. The quantitative estimate of drug-likeness (QED) is 0.443.